The number of carbonyl (C=O) groups excluding carboxylic acids is 2. The molecule has 5 nitrogen and oxygen atoms in total. The number of nitrogens with one attached hydrogen (secondary N) is 1. The number of carbonyl (C=O) groups is 2. The first-order chi connectivity index (χ1) is 20.1. The lowest BCUT2D eigenvalue weighted by atomic mass is 9.35. The van der Waals surface area contributed by atoms with Crippen LogP contribution in [0.2, 0.25) is 0 Å². The first kappa shape index (κ1) is 30.3. The van der Waals surface area contributed by atoms with Crippen LogP contribution in [0.15, 0.2) is 48.0 Å². The summed E-state index contributed by atoms with van der Waals surface area (Å²) in [6.45, 7) is 15.5. The molecular weight excluding hydrogens is 554 g/mol. The second-order valence-electron chi connectivity index (χ2n) is 15.3. The summed E-state index contributed by atoms with van der Waals surface area (Å²) in [7, 11) is 0. The quantitative estimate of drug-likeness (QED) is 0.243. The van der Waals surface area contributed by atoms with E-state index in [-0.39, 0.29) is 55.0 Å². The highest BCUT2D eigenvalue weighted by molar-refractivity contribution is 8.14. The van der Waals surface area contributed by atoms with Crippen LogP contribution in [0.1, 0.15) is 119 Å². The van der Waals surface area contributed by atoms with Crippen molar-refractivity contribution in [2.45, 2.75) is 110 Å². The molecule has 0 heterocycles. The highest BCUT2D eigenvalue weighted by atomic mass is 32.2. The number of benzene rings is 2. The van der Waals surface area contributed by atoms with Crippen LogP contribution in [-0.2, 0) is 10.2 Å². The Balaban J connectivity index is 1.49. The predicted molar refractivity (Wildman–Crippen MR) is 173 cm³/mol. The van der Waals surface area contributed by atoms with E-state index in [1.807, 2.05) is 37.3 Å². The van der Waals surface area contributed by atoms with Crippen molar-refractivity contribution in [3.63, 3.8) is 0 Å². The molecule has 6 rings (SSSR count). The summed E-state index contributed by atoms with van der Waals surface area (Å²) < 4.78 is 0. The van der Waals surface area contributed by atoms with Gasteiger partial charge in [0.25, 0.3) is 0 Å². The Labute approximate surface area is 260 Å². The van der Waals surface area contributed by atoms with Crippen LogP contribution in [0.25, 0.3) is 0 Å². The fraction of sp³-hybridized carbons (Fsp3) is 0.568. The van der Waals surface area contributed by atoms with Crippen molar-refractivity contribution in [1.82, 2.24) is 5.32 Å². The standard InChI is InChI=1S/C37H47NO4S/c1-22-30-25(19-26(40)31(22)41)35(5)16-18-37(7)29-21-34(4,38-23(2)39)15-13-33(29,3)14-17-36(37,6)28(35)20-27(30)43-32(42)24-11-9-8-10-12-24/h8-12,19-20,27,29,40-41H,13-18,21H2,1-7H3,(H,38,39)/t27?,29-,33-,34-,35+,36-,37+/m1/s1. The Morgan fingerprint density at radius 3 is 2.28 bits per heavy atom. The zero-order chi connectivity index (χ0) is 31.2. The van der Waals surface area contributed by atoms with Gasteiger partial charge in [-0.3, -0.25) is 9.59 Å². The molecule has 43 heavy (non-hydrogen) atoms. The molecule has 0 spiro atoms. The van der Waals surface area contributed by atoms with Gasteiger partial charge >= 0.3 is 0 Å². The van der Waals surface area contributed by atoms with Gasteiger partial charge in [0.15, 0.2) is 11.5 Å². The van der Waals surface area contributed by atoms with Crippen molar-refractivity contribution in [1.29, 1.82) is 0 Å². The van der Waals surface area contributed by atoms with E-state index in [0.717, 1.165) is 56.1 Å². The first-order valence-electron chi connectivity index (χ1n) is 15.9. The van der Waals surface area contributed by atoms with Gasteiger partial charge in [-0.25, -0.2) is 0 Å². The lowest BCUT2D eigenvalue weighted by Crippen LogP contribution is -2.64. The molecule has 4 aliphatic carbocycles. The van der Waals surface area contributed by atoms with E-state index in [2.05, 4.69) is 46.0 Å². The molecule has 2 aromatic carbocycles. The Morgan fingerprint density at radius 1 is 0.930 bits per heavy atom. The molecule has 7 atom stereocenters. The molecule has 4 aliphatic rings. The van der Waals surface area contributed by atoms with Gasteiger partial charge in [0, 0.05) is 23.4 Å². The number of phenolic OH excluding ortho intramolecular Hbond substituents is 2. The maximum Gasteiger partial charge on any atom is 0.220 e. The van der Waals surface area contributed by atoms with E-state index in [1.165, 1.54) is 17.3 Å². The number of aromatic hydroxyl groups is 2. The van der Waals surface area contributed by atoms with Gasteiger partial charge in [0.1, 0.15) is 0 Å². The summed E-state index contributed by atoms with van der Waals surface area (Å²) in [5.74, 6) is 0.281. The van der Waals surface area contributed by atoms with Gasteiger partial charge in [-0.05, 0) is 104 Å². The highest BCUT2D eigenvalue weighted by Gasteiger charge is 2.67. The average Bonchev–Trinajstić information content (AvgIpc) is 2.95. The van der Waals surface area contributed by atoms with Crippen molar-refractivity contribution in [2.24, 2.45) is 22.2 Å². The van der Waals surface area contributed by atoms with Gasteiger partial charge in [-0.2, -0.15) is 0 Å². The van der Waals surface area contributed by atoms with Crippen LogP contribution in [0, 0.1) is 29.1 Å². The van der Waals surface area contributed by atoms with Gasteiger partial charge in [0.2, 0.25) is 11.0 Å². The van der Waals surface area contributed by atoms with Crippen LogP contribution in [0.4, 0.5) is 0 Å². The Bertz CT molecular complexity index is 1530. The maximum absolute atomic E-state index is 13.6. The minimum atomic E-state index is -0.324. The third-order valence-corrected chi connectivity index (χ3v) is 13.9. The number of hydrogen-bond acceptors (Lipinski definition) is 5. The van der Waals surface area contributed by atoms with Crippen molar-refractivity contribution in [3.05, 3.63) is 70.3 Å². The fourth-order valence-electron chi connectivity index (χ4n) is 10.1. The molecule has 3 saturated carbocycles. The van der Waals surface area contributed by atoms with E-state index in [4.69, 9.17) is 0 Å². The molecule has 6 heteroatoms. The predicted octanol–water partition coefficient (Wildman–Crippen LogP) is 8.52. The van der Waals surface area contributed by atoms with E-state index < -0.39 is 0 Å². The highest BCUT2D eigenvalue weighted by Crippen LogP contribution is 2.75. The molecule has 1 amide bonds. The molecule has 1 unspecified atom stereocenters. The summed E-state index contributed by atoms with van der Waals surface area (Å²) in [6, 6.07) is 11.2. The monoisotopic (exact) mass is 601 g/mol. The van der Waals surface area contributed by atoms with Gasteiger partial charge in [-0.1, -0.05) is 81.4 Å². The summed E-state index contributed by atoms with van der Waals surface area (Å²) >= 11 is 1.31. The molecule has 0 saturated heterocycles. The summed E-state index contributed by atoms with van der Waals surface area (Å²) in [6.07, 6.45) is 9.60. The summed E-state index contributed by atoms with van der Waals surface area (Å²) in [5.41, 5.74) is 4.22. The first-order valence-corrected chi connectivity index (χ1v) is 16.8. The minimum Gasteiger partial charge on any atom is -0.504 e. The Morgan fingerprint density at radius 2 is 1.60 bits per heavy atom. The number of phenols is 2. The van der Waals surface area contributed by atoms with Gasteiger partial charge in [-0.15, -0.1) is 0 Å². The number of hydrogen-bond donors (Lipinski definition) is 3. The third kappa shape index (κ3) is 4.41. The number of fused-ring (bicyclic) bond motifs is 7. The smallest absolute Gasteiger partial charge is 0.220 e. The summed E-state index contributed by atoms with van der Waals surface area (Å²) in [4.78, 5) is 25.9. The van der Waals surface area contributed by atoms with Crippen LogP contribution >= 0.6 is 11.8 Å². The molecule has 3 N–H and O–H groups in total. The molecule has 0 aromatic heterocycles. The van der Waals surface area contributed by atoms with Gasteiger partial charge in [0.05, 0.1) is 5.25 Å². The zero-order valence-corrected chi connectivity index (χ0v) is 27.6. The van der Waals surface area contributed by atoms with Crippen LogP contribution in [-0.4, -0.2) is 26.8 Å². The molecule has 0 radical (unpaired) electrons. The zero-order valence-electron chi connectivity index (χ0n) is 26.8. The number of thioether (sulfide) groups is 1. The van der Waals surface area contributed by atoms with Crippen LogP contribution < -0.4 is 5.32 Å². The van der Waals surface area contributed by atoms with E-state index in [1.54, 1.807) is 13.0 Å². The second kappa shape index (κ2) is 9.89. The molecule has 2 aromatic rings. The van der Waals surface area contributed by atoms with E-state index in [9.17, 15) is 19.8 Å². The Kier molecular flexibility index (Phi) is 6.97. The van der Waals surface area contributed by atoms with Crippen LogP contribution in [0.5, 0.6) is 11.5 Å². The molecule has 230 valence electrons. The molecule has 3 fully saturated rings. The van der Waals surface area contributed by atoms with Crippen molar-refractivity contribution in [2.75, 3.05) is 0 Å². The lowest BCUT2D eigenvalue weighted by molar-refractivity contribution is -0.153. The SMILES string of the molecule is CC(=O)N[C@]1(C)CC[C@]2(C)CC[C@]3(C)C4=CC(SC(=O)c5ccccc5)c5c(cc(O)c(O)c5C)[C@]4(C)CC[C@@]3(C)[C@@H]2C1. The van der Waals surface area contributed by atoms with Gasteiger partial charge < -0.3 is 15.5 Å². The largest absolute Gasteiger partial charge is 0.504 e. The topological polar surface area (TPSA) is 86.6 Å². The summed E-state index contributed by atoms with van der Waals surface area (Å²) in [5, 5.41) is 24.8. The van der Waals surface area contributed by atoms with Crippen LogP contribution in [0.3, 0.4) is 0 Å². The maximum atomic E-state index is 13.6. The van der Waals surface area contributed by atoms with E-state index >= 15 is 0 Å². The molecule has 0 bridgehead atoms. The fourth-order valence-corrected chi connectivity index (χ4v) is 11.2. The lowest BCUT2D eigenvalue weighted by Gasteiger charge is -2.70. The Hall–Kier alpha value is -2.73. The average molecular weight is 602 g/mol. The number of rotatable bonds is 3. The van der Waals surface area contributed by atoms with E-state index in [0.29, 0.717) is 17.0 Å². The normalized spacial score (nSPS) is 38.1. The number of allylic oxidation sites excluding steroid dienone is 1. The molecular formula is C37H47NO4S. The minimum absolute atomic E-state index is 0.00210. The molecule has 0 aliphatic heterocycles. The van der Waals surface area contributed by atoms with Crippen molar-refractivity contribution < 1.29 is 19.8 Å². The third-order valence-electron chi connectivity index (χ3n) is 12.8. The van der Waals surface area contributed by atoms with Crippen molar-refractivity contribution in [3.8, 4) is 11.5 Å². The second-order valence-corrected chi connectivity index (χ2v) is 16.5. The van der Waals surface area contributed by atoms with Crippen molar-refractivity contribution >= 4 is 22.8 Å². The number of amides is 1.